The molecule has 0 bridgehead atoms. The first-order valence-electron chi connectivity index (χ1n) is 7.44. The number of halogens is 1. The van der Waals surface area contributed by atoms with Crippen molar-refractivity contribution in [1.82, 2.24) is 5.32 Å². The summed E-state index contributed by atoms with van der Waals surface area (Å²) in [4.78, 5) is 12.0. The number of nitrogens with one attached hydrogen (secondary N) is 2. The fourth-order valence-corrected chi connectivity index (χ4v) is 2.89. The summed E-state index contributed by atoms with van der Waals surface area (Å²) in [6.45, 7) is 4.58. The van der Waals surface area contributed by atoms with E-state index in [1.165, 1.54) is 5.56 Å². The molecule has 0 atom stereocenters. The van der Waals surface area contributed by atoms with Gasteiger partial charge in [-0.25, -0.2) is 4.79 Å². The smallest absolute Gasteiger partial charge is 0.319 e. The third-order valence-corrected chi connectivity index (χ3v) is 4.17. The zero-order valence-corrected chi connectivity index (χ0v) is 15.2. The second kappa shape index (κ2) is 8.02. The van der Waals surface area contributed by atoms with E-state index in [4.69, 9.17) is 4.74 Å². The van der Waals surface area contributed by atoms with E-state index in [0.717, 1.165) is 33.5 Å². The quantitative estimate of drug-likeness (QED) is 0.810. The average molecular weight is 377 g/mol. The first-order chi connectivity index (χ1) is 11.0. The van der Waals surface area contributed by atoms with Gasteiger partial charge in [-0.15, -0.1) is 0 Å². The Bertz CT molecular complexity index is 701. The zero-order chi connectivity index (χ0) is 16.8. The molecule has 2 amide bonds. The van der Waals surface area contributed by atoms with Crippen LogP contribution in [-0.4, -0.2) is 19.7 Å². The molecule has 0 heterocycles. The van der Waals surface area contributed by atoms with Crippen molar-refractivity contribution in [2.45, 2.75) is 20.3 Å². The number of carbonyl (C=O) groups is 1. The van der Waals surface area contributed by atoms with Gasteiger partial charge < -0.3 is 15.4 Å². The van der Waals surface area contributed by atoms with E-state index in [2.05, 4.69) is 26.6 Å². The Kier molecular flexibility index (Phi) is 6.04. The summed E-state index contributed by atoms with van der Waals surface area (Å²) >= 11 is 3.46. The van der Waals surface area contributed by atoms with Gasteiger partial charge in [0.15, 0.2) is 0 Å². The van der Waals surface area contributed by atoms with Gasteiger partial charge in [-0.05, 0) is 65.5 Å². The molecule has 0 aliphatic carbocycles. The maximum atomic E-state index is 12.0. The molecule has 0 spiro atoms. The first-order valence-corrected chi connectivity index (χ1v) is 8.23. The van der Waals surface area contributed by atoms with E-state index in [0.29, 0.717) is 6.54 Å². The lowest BCUT2D eigenvalue weighted by atomic mass is 10.1. The van der Waals surface area contributed by atoms with Crippen LogP contribution in [0.3, 0.4) is 0 Å². The van der Waals surface area contributed by atoms with E-state index >= 15 is 0 Å². The highest BCUT2D eigenvalue weighted by molar-refractivity contribution is 9.10. The number of anilines is 1. The lowest BCUT2D eigenvalue weighted by Gasteiger charge is -2.11. The Morgan fingerprint density at radius 2 is 1.96 bits per heavy atom. The van der Waals surface area contributed by atoms with Gasteiger partial charge in [0, 0.05) is 12.2 Å². The van der Waals surface area contributed by atoms with Gasteiger partial charge in [-0.3, -0.25) is 0 Å². The molecule has 2 aromatic rings. The predicted octanol–water partition coefficient (Wildman–Crippen LogP) is 4.44. The minimum atomic E-state index is -0.190. The van der Waals surface area contributed by atoms with Crippen LogP contribution >= 0.6 is 15.9 Å². The molecule has 23 heavy (non-hydrogen) atoms. The Hall–Kier alpha value is -2.01. The molecule has 0 saturated carbocycles. The third kappa shape index (κ3) is 4.99. The van der Waals surface area contributed by atoms with Crippen molar-refractivity contribution in [1.29, 1.82) is 0 Å². The fourth-order valence-electron chi connectivity index (χ4n) is 2.31. The molecule has 0 aliphatic heterocycles. The number of ether oxygens (including phenoxy) is 1. The molecule has 122 valence electrons. The maximum absolute atomic E-state index is 12.0. The second-order valence-electron chi connectivity index (χ2n) is 5.42. The third-order valence-electron chi connectivity index (χ3n) is 3.55. The normalized spacial score (nSPS) is 10.3. The summed E-state index contributed by atoms with van der Waals surface area (Å²) in [5.41, 5.74) is 4.20. The topological polar surface area (TPSA) is 50.4 Å². The number of hydrogen-bond donors (Lipinski definition) is 2. The number of amides is 2. The Morgan fingerprint density at radius 3 is 2.61 bits per heavy atom. The number of urea groups is 1. The molecular weight excluding hydrogens is 356 g/mol. The van der Waals surface area contributed by atoms with E-state index in [1.54, 1.807) is 7.11 Å². The summed E-state index contributed by atoms with van der Waals surface area (Å²) in [5, 5.41) is 5.75. The van der Waals surface area contributed by atoms with Crippen LogP contribution < -0.4 is 15.4 Å². The van der Waals surface area contributed by atoms with Crippen molar-refractivity contribution >= 4 is 27.6 Å². The van der Waals surface area contributed by atoms with Crippen molar-refractivity contribution in [2.24, 2.45) is 0 Å². The van der Waals surface area contributed by atoms with Gasteiger partial charge in [-0.1, -0.05) is 23.8 Å². The zero-order valence-electron chi connectivity index (χ0n) is 13.6. The summed E-state index contributed by atoms with van der Waals surface area (Å²) in [7, 11) is 1.64. The summed E-state index contributed by atoms with van der Waals surface area (Å²) in [6, 6.07) is 11.7. The predicted molar refractivity (Wildman–Crippen MR) is 97.3 cm³/mol. The lowest BCUT2D eigenvalue weighted by Crippen LogP contribution is -2.30. The van der Waals surface area contributed by atoms with Crippen LogP contribution in [0.25, 0.3) is 0 Å². The van der Waals surface area contributed by atoms with E-state index in [1.807, 2.05) is 50.2 Å². The van der Waals surface area contributed by atoms with Gasteiger partial charge in [0.25, 0.3) is 0 Å². The Morgan fingerprint density at radius 1 is 1.17 bits per heavy atom. The highest BCUT2D eigenvalue weighted by Gasteiger charge is 2.05. The molecule has 0 fully saturated rings. The molecular formula is C18H21BrN2O2. The largest absolute Gasteiger partial charge is 0.496 e. The van der Waals surface area contributed by atoms with Crippen molar-refractivity contribution in [2.75, 3.05) is 19.0 Å². The monoisotopic (exact) mass is 376 g/mol. The Labute approximate surface area is 145 Å². The molecule has 0 saturated heterocycles. The number of rotatable bonds is 5. The standard InChI is InChI=1S/C18H21BrN2O2/c1-12-4-6-16(13(2)10-12)21-18(22)20-9-8-14-5-7-17(23-3)15(19)11-14/h4-7,10-11H,8-9H2,1-3H3,(H2,20,21,22). The molecule has 0 radical (unpaired) electrons. The minimum Gasteiger partial charge on any atom is -0.496 e. The number of aryl methyl sites for hydroxylation is 2. The molecule has 2 rings (SSSR count). The number of benzene rings is 2. The number of carbonyl (C=O) groups excluding carboxylic acids is 1. The van der Waals surface area contributed by atoms with E-state index < -0.39 is 0 Å². The van der Waals surface area contributed by atoms with Gasteiger partial charge in [0.1, 0.15) is 5.75 Å². The number of methoxy groups -OCH3 is 1. The van der Waals surface area contributed by atoms with Gasteiger partial charge in [-0.2, -0.15) is 0 Å². The molecule has 0 aromatic heterocycles. The maximum Gasteiger partial charge on any atom is 0.319 e. The van der Waals surface area contributed by atoms with Crippen LogP contribution in [0.15, 0.2) is 40.9 Å². The highest BCUT2D eigenvalue weighted by atomic mass is 79.9. The molecule has 2 aromatic carbocycles. The second-order valence-corrected chi connectivity index (χ2v) is 6.27. The first kappa shape index (κ1) is 17.3. The van der Waals surface area contributed by atoms with Crippen molar-refractivity contribution in [3.05, 3.63) is 57.6 Å². The van der Waals surface area contributed by atoms with E-state index in [-0.39, 0.29) is 6.03 Å². The molecule has 2 N–H and O–H groups in total. The van der Waals surface area contributed by atoms with Crippen molar-refractivity contribution < 1.29 is 9.53 Å². The van der Waals surface area contributed by atoms with Crippen LogP contribution in [0.2, 0.25) is 0 Å². The van der Waals surface area contributed by atoms with E-state index in [9.17, 15) is 4.79 Å². The SMILES string of the molecule is COc1ccc(CCNC(=O)Nc2ccc(C)cc2C)cc1Br. The summed E-state index contributed by atoms with van der Waals surface area (Å²) in [5.74, 6) is 0.800. The summed E-state index contributed by atoms with van der Waals surface area (Å²) < 4.78 is 6.12. The fraction of sp³-hybridized carbons (Fsp3) is 0.278. The molecule has 0 unspecified atom stereocenters. The van der Waals surface area contributed by atoms with Crippen molar-refractivity contribution in [3.63, 3.8) is 0 Å². The van der Waals surface area contributed by atoms with Crippen LogP contribution in [0.5, 0.6) is 5.75 Å². The molecule has 5 heteroatoms. The molecule has 4 nitrogen and oxygen atoms in total. The van der Waals surface area contributed by atoms with Gasteiger partial charge in [0.05, 0.1) is 11.6 Å². The highest BCUT2D eigenvalue weighted by Crippen LogP contribution is 2.25. The minimum absolute atomic E-state index is 0.190. The average Bonchev–Trinajstić information content (AvgIpc) is 2.50. The molecule has 0 aliphatic rings. The number of hydrogen-bond acceptors (Lipinski definition) is 2. The lowest BCUT2D eigenvalue weighted by molar-refractivity contribution is 0.252. The van der Waals surface area contributed by atoms with Crippen LogP contribution in [0.1, 0.15) is 16.7 Å². The Balaban J connectivity index is 1.84. The summed E-state index contributed by atoms with van der Waals surface area (Å²) in [6.07, 6.45) is 0.753. The van der Waals surface area contributed by atoms with Crippen LogP contribution in [0, 0.1) is 13.8 Å². The van der Waals surface area contributed by atoms with Gasteiger partial charge >= 0.3 is 6.03 Å². The van der Waals surface area contributed by atoms with Crippen LogP contribution in [-0.2, 0) is 6.42 Å². The van der Waals surface area contributed by atoms with Gasteiger partial charge in [0.2, 0.25) is 0 Å². The van der Waals surface area contributed by atoms with Crippen molar-refractivity contribution in [3.8, 4) is 5.75 Å². The van der Waals surface area contributed by atoms with Crippen LogP contribution in [0.4, 0.5) is 10.5 Å².